The van der Waals surface area contributed by atoms with Crippen molar-refractivity contribution in [1.82, 2.24) is 5.32 Å². The Bertz CT molecular complexity index is 1030. The second kappa shape index (κ2) is 10.7. The van der Waals surface area contributed by atoms with Gasteiger partial charge in [0.2, 0.25) is 0 Å². The van der Waals surface area contributed by atoms with Crippen molar-refractivity contribution in [3.8, 4) is 0 Å². The van der Waals surface area contributed by atoms with Crippen molar-refractivity contribution < 1.29 is 28.6 Å². The van der Waals surface area contributed by atoms with Gasteiger partial charge in [0.05, 0.1) is 29.3 Å². The molecule has 3 rings (SSSR count). The van der Waals surface area contributed by atoms with E-state index in [1.807, 2.05) is 13.8 Å². The highest BCUT2D eigenvalue weighted by atomic mass is 35.5. The summed E-state index contributed by atoms with van der Waals surface area (Å²) in [5.74, 6) is -3.57. The molecule has 0 fully saturated rings. The Labute approximate surface area is 203 Å². The van der Waals surface area contributed by atoms with Crippen LogP contribution in [-0.2, 0) is 28.6 Å². The summed E-state index contributed by atoms with van der Waals surface area (Å²) in [6.45, 7) is 6.27. The molecule has 0 amide bonds. The van der Waals surface area contributed by atoms with Crippen LogP contribution >= 0.6 is 23.2 Å². The molecule has 0 aromatic heterocycles. The molecule has 0 radical (unpaired) electrons. The number of nitrogens with one attached hydrogen (secondary N) is 1. The smallest absolute Gasteiger partial charge is 0.336 e. The van der Waals surface area contributed by atoms with Crippen LogP contribution in [0, 0.1) is 11.8 Å². The third-order valence-electron chi connectivity index (χ3n) is 5.90. The number of esters is 2. The quantitative estimate of drug-likeness (QED) is 0.344. The summed E-state index contributed by atoms with van der Waals surface area (Å²) in [5.41, 5.74) is 2.45. The van der Waals surface area contributed by atoms with Gasteiger partial charge in [0.1, 0.15) is 12.5 Å². The molecular formula is C24H27Cl2NO6. The van der Waals surface area contributed by atoms with Crippen LogP contribution in [0.4, 0.5) is 0 Å². The van der Waals surface area contributed by atoms with Crippen molar-refractivity contribution in [2.24, 2.45) is 11.8 Å². The summed E-state index contributed by atoms with van der Waals surface area (Å²) in [6, 6.07) is 4.96. The lowest BCUT2D eigenvalue weighted by Crippen LogP contribution is -2.43. The molecular weight excluding hydrogens is 469 g/mol. The topological polar surface area (TPSA) is 90.9 Å². The Kier molecular flexibility index (Phi) is 8.21. The number of rotatable bonds is 7. The van der Waals surface area contributed by atoms with E-state index >= 15 is 0 Å². The predicted octanol–water partition coefficient (Wildman–Crippen LogP) is 4.19. The van der Waals surface area contributed by atoms with Gasteiger partial charge in [-0.15, -0.1) is 0 Å². The Morgan fingerprint density at radius 3 is 2.55 bits per heavy atom. The first kappa shape index (κ1) is 25.3. The number of hydrogen-bond donors (Lipinski definition) is 1. The third kappa shape index (κ3) is 5.10. The molecule has 1 aliphatic carbocycles. The minimum atomic E-state index is -0.963. The molecule has 1 aromatic carbocycles. The lowest BCUT2D eigenvalue weighted by molar-refractivity contribution is -0.151. The number of carbonyl (C=O) groups excluding carboxylic acids is 3. The molecule has 1 N–H and O–H groups in total. The number of carbonyl (C=O) groups is 3. The Morgan fingerprint density at radius 1 is 1.18 bits per heavy atom. The molecule has 178 valence electrons. The number of ketones is 1. The van der Waals surface area contributed by atoms with Crippen LogP contribution in [0.3, 0.4) is 0 Å². The maximum absolute atomic E-state index is 13.6. The molecule has 0 saturated heterocycles. The highest BCUT2D eigenvalue weighted by Crippen LogP contribution is 2.46. The van der Waals surface area contributed by atoms with Gasteiger partial charge in [-0.05, 0) is 43.9 Å². The summed E-state index contributed by atoms with van der Waals surface area (Å²) in [5, 5.41) is 3.85. The minimum Gasteiger partial charge on any atom is -0.468 e. The molecule has 0 saturated carbocycles. The summed E-state index contributed by atoms with van der Waals surface area (Å²) in [6.07, 6.45) is 0.447. The lowest BCUT2D eigenvalue weighted by Gasteiger charge is -2.38. The highest BCUT2D eigenvalue weighted by Gasteiger charge is 2.47. The van der Waals surface area contributed by atoms with E-state index in [2.05, 4.69) is 5.32 Å². The standard InChI is InChI=1S/C24H27Cl2NO6/c1-5-32-8-9-33-24(30)19-13(3)27-17-10-12(2)18(23(29)31-4)22(28)21(17)20(19)14-6-7-15(25)16(26)11-14/h6-7,11-12,18,20,27H,5,8-10H2,1-4H3/t12-,18+,20-/m1/s1. The molecule has 33 heavy (non-hydrogen) atoms. The number of halogens is 2. The van der Waals surface area contributed by atoms with Crippen molar-refractivity contribution in [2.75, 3.05) is 26.9 Å². The van der Waals surface area contributed by atoms with Gasteiger partial charge < -0.3 is 19.5 Å². The molecule has 3 atom stereocenters. The van der Waals surface area contributed by atoms with E-state index in [0.717, 1.165) is 0 Å². The van der Waals surface area contributed by atoms with Crippen molar-refractivity contribution in [3.63, 3.8) is 0 Å². The van der Waals surface area contributed by atoms with E-state index in [4.69, 9.17) is 37.4 Å². The summed E-state index contributed by atoms with van der Waals surface area (Å²) in [7, 11) is 1.26. The van der Waals surface area contributed by atoms with E-state index in [1.54, 1.807) is 25.1 Å². The van der Waals surface area contributed by atoms with Crippen LogP contribution in [0.15, 0.2) is 40.7 Å². The zero-order valence-corrected chi connectivity index (χ0v) is 20.5. The molecule has 1 aliphatic heterocycles. The first-order valence-electron chi connectivity index (χ1n) is 10.7. The summed E-state index contributed by atoms with van der Waals surface area (Å²) >= 11 is 12.4. The largest absolute Gasteiger partial charge is 0.468 e. The molecule has 0 unspecified atom stereocenters. The Morgan fingerprint density at radius 2 is 1.91 bits per heavy atom. The van der Waals surface area contributed by atoms with Crippen LogP contribution in [-0.4, -0.2) is 44.7 Å². The van der Waals surface area contributed by atoms with Gasteiger partial charge in [-0.1, -0.05) is 36.2 Å². The van der Waals surface area contributed by atoms with E-state index in [9.17, 15) is 14.4 Å². The van der Waals surface area contributed by atoms with Crippen LogP contribution in [0.25, 0.3) is 0 Å². The fraction of sp³-hybridized carbons (Fsp3) is 0.458. The lowest BCUT2D eigenvalue weighted by atomic mass is 9.69. The summed E-state index contributed by atoms with van der Waals surface area (Å²) in [4.78, 5) is 39.2. The number of Topliss-reactive ketones (excluding diaryl/α,β-unsaturated/α-hetero) is 1. The molecule has 1 aromatic rings. The normalized spacial score (nSPS) is 22.6. The number of benzene rings is 1. The zero-order valence-electron chi connectivity index (χ0n) is 19.0. The Balaban J connectivity index is 2.10. The van der Waals surface area contributed by atoms with Gasteiger partial charge >= 0.3 is 11.9 Å². The van der Waals surface area contributed by atoms with E-state index < -0.39 is 23.8 Å². The first-order valence-corrected chi connectivity index (χ1v) is 11.5. The van der Waals surface area contributed by atoms with E-state index in [-0.39, 0.29) is 35.5 Å². The molecule has 1 heterocycles. The third-order valence-corrected chi connectivity index (χ3v) is 6.64. The fourth-order valence-electron chi connectivity index (χ4n) is 4.39. The highest BCUT2D eigenvalue weighted by molar-refractivity contribution is 6.42. The maximum atomic E-state index is 13.6. The molecule has 2 aliphatic rings. The first-order chi connectivity index (χ1) is 15.7. The molecule has 0 spiro atoms. The van der Waals surface area contributed by atoms with Crippen molar-refractivity contribution in [1.29, 1.82) is 0 Å². The van der Waals surface area contributed by atoms with Crippen LogP contribution in [0.1, 0.15) is 38.7 Å². The molecule has 9 heteroatoms. The van der Waals surface area contributed by atoms with Crippen LogP contribution in [0.2, 0.25) is 10.0 Å². The number of ether oxygens (including phenoxy) is 3. The maximum Gasteiger partial charge on any atom is 0.336 e. The van der Waals surface area contributed by atoms with Gasteiger partial charge in [-0.3, -0.25) is 9.59 Å². The predicted molar refractivity (Wildman–Crippen MR) is 124 cm³/mol. The Hall–Kier alpha value is -2.35. The summed E-state index contributed by atoms with van der Waals surface area (Å²) < 4.78 is 15.6. The van der Waals surface area contributed by atoms with Crippen LogP contribution in [0.5, 0.6) is 0 Å². The van der Waals surface area contributed by atoms with Gasteiger partial charge in [0.15, 0.2) is 5.78 Å². The minimum absolute atomic E-state index is 0.0687. The number of dihydropyridines is 1. The van der Waals surface area contributed by atoms with Crippen molar-refractivity contribution in [2.45, 2.75) is 33.1 Å². The van der Waals surface area contributed by atoms with Gasteiger partial charge in [0.25, 0.3) is 0 Å². The molecule has 0 bridgehead atoms. The second-order valence-corrected chi connectivity index (χ2v) is 8.86. The number of allylic oxidation sites excluding steroid dienone is 3. The van der Waals surface area contributed by atoms with Gasteiger partial charge in [-0.25, -0.2) is 4.79 Å². The van der Waals surface area contributed by atoms with Gasteiger partial charge in [-0.2, -0.15) is 0 Å². The number of hydrogen-bond acceptors (Lipinski definition) is 7. The second-order valence-electron chi connectivity index (χ2n) is 8.04. The average Bonchev–Trinajstić information content (AvgIpc) is 2.77. The van der Waals surface area contributed by atoms with Crippen molar-refractivity contribution in [3.05, 3.63) is 56.3 Å². The van der Waals surface area contributed by atoms with E-state index in [0.29, 0.717) is 40.6 Å². The van der Waals surface area contributed by atoms with E-state index in [1.165, 1.54) is 7.11 Å². The van der Waals surface area contributed by atoms with Crippen molar-refractivity contribution >= 4 is 40.9 Å². The van der Waals surface area contributed by atoms with Gasteiger partial charge in [0, 0.05) is 29.5 Å². The van der Waals surface area contributed by atoms with Crippen LogP contribution < -0.4 is 5.32 Å². The zero-order chi connectivity index (χ0) is 24.3. The number of methoxy groups -OCH3 is 1. The SMILES string of the molecule is CCOCCOC(=O)C1=C(C)NC2=C(C(=O)[C@@H](C(=O)OC)[C@H](C)C2)[C@@H]1c1ccc(Cl)c(Cl)c1. The molecule has 7 nitrogen and oxygen atoms in total. The average molecular weight is 496 g/mol. The monoisotopic (exact) mass is 495 g/mol. The fourth-order valence-corrected chi connectivity index (χ4v) is 4.70.